The van der Waals surface area contributed by atoms with Crippen LogP contribution < -0.4 is 4.74 Å². The Kier molecular flexibility index (Phi) is 6.91. The second kappa shape index (κ2) is 9.37. The lowest BCUT2D eigenvalue weighted by molar-refractivity contribution is 0.0374. The van der Waals surface area contributed by atoms with Crippen LogP contribution in [0.25, 0.3) is 0 Å². The highest BCUT2D eigenvalue weighted by molar-refractivity contribution is 9.10. The lowest BCUT2D eigenvalue weighted by atomic mass is 10.1. The molecule has 0 aliphatic carbocycles. The minimum Gasteiger partial charge on any atom is -0.489 e. The van der Waals surface area contributed by atoms with E-state index in [1.165, 1.54) is 16.7 Å². The van der Waals surface area contributed by atoms with Gasteiger partial charge >= 0.3 is 0 Å². The van der Waals surface area contributed by atoms with Crippen molar-refractivity contribution in [3.63, 3.8) is 0 Å². The molecule has 2 aromatic rings. The van der Waals surface area contributed by atoms with Crippen LogP contribution in [-0.4, -0.2) is 37.7 Å². The molecule has 1 saturated heterocycles. The Labute approximate surface area is 159 Å². The summed E-state index contributed by atoms with van der Waals surface area (Å²) in [6, 6.07) is 14.8. The van der Waals surface area contributed by atoms with Crippen molar-refractivity contribution in [2.24, 2.45) is 0 Å². The molecule has 1 heterocycles. The second-order valence-electron chi connectivity index (χ2n) is 6.59. The number of hydrogen-bond acceptors (Lipinski definition) is 3. The van der Waals surface area contributed by atoms with E-state index in [0.29, 0.717) is 6.61 Å². The van der Waals surface area contributed by atoms with Gasteiger partial charge in [-0.05, 0) is 55.6 Å². The van der Waals surface area contributed by atoms with Crippen molar-refractivity contribution in [3.05, 3.63) is 63.6 Å². The van der Waals surface area contributed by atoms with E-state index >= 15 is 0 Å². The summed E-state index contributed by atoms with van der Waals surface area (Å²) in [5.41, 5.74) is 3.75. The van der Waals surface area contributed by atoms with Gasteiger partial charge < -0.3 is 9.47 Å². The maximum absolute atomic E-state index is 6.12. The first-order valence-corrected chi connectivity index (χ1v) is 9.77. The summed E-state index contributed by atoms with van der Waals surface area (Å²) in [6.07, 6.45) is 2.16. The number of nitrogens with zero attached hydrogens (tertiary/aromatic N) is 1. The van der Waals surface area contributed by atoms with E-state index in [1.54, 1.807) is 0 Å². The fourth-order valence-corrected chi connectivity index (χ4v) is 3.57. The van der Waals surface area contributed by atoms with Crippen molar-refractivity contribution in [1.82, 2.24) is 4.90 Å². The first kappa shape index (κ1) is 18.4. The van der Waals surface area contributed by atoms with E-state index in [0.717, 1.165) is 55.9 Å². The van der Waals surface area contributed by atoms with Gasteiger partial charge in [0.2, 0.25) is 0 Å². The number of benzene rings is 2. The molecule has 0 unspecified atom stereocenters. The Morgan fingerprint density at radius 2 is 1.96 bits per heavy atom. The van der Waals surface area contributed by atoms with Crippen LogP contribution in [0.15, 0.2) is 46.9 Å². The molecule has 1 fully saturated rings. The third-order valence-corrected chi connectivity index (χ3v) is 5.02. The van der Waals surface area contributed by atoms with Crippen LogP contribution in [0.5, 0.6) is 5.75 Å². The highest BCUT2D eigenvalue weighted by Gasteiger charge is 2.11. The fraction of sp³-hybridized carbons (Fsp3) is 0.429. The summed E-state index contributed by atoms with van der Waals surface area (Å²) in [7, 11) is 0. The number of halogens is 1. The molecule has 134 valence electrons. The second-order valence-corrected chi connectivity index (χ2v) is 7.50. The summed E-state index contributed by atoms with van der Waals surface area (Å²) >= 11 is 3.59. The van der Waals surface area contributed by atoms with Crippen LogP contribution in [0, 0.1) is 6.92 Å². The van der Waals surface area contributed by atoms with Crippen LogP contribution in [0.4, 0.5) is 0 Å². The quantitative estimate of drug-likeness (QED) is 0.673. The molecule has 0 amide bonds. The molecule has 1 aliphatic heterocycles. The maximum Gasteiger partial charge on any atom is 0.123 e. The zero-order valence-electron chi connectivity index (χ0n) is 14.8. The van der Waals surface area contributed by atoms with Crippen LogP contribution in [0.1, 0.15) is 23.1 Å². The maximum atomic E-state index is 6.12. The molecular formula is C21H26BrNO2. The third-order valence-electron chi connectivity index (χ3n) is 4.52. The minimum atomic E-state index is 0.611. The molecule has 0 saturated carbocycles. The van der Waals surface area contributed by atoms with Gasteiger partial charge in [0, 0.05) is 17.6 Å². The van der Waals surface area contributed by atoms with Gasteiger partial charge in [0.1, 0.15) is 12.4 Å². The zero-order chi connectivity index (χ0) is 17.5. The molecular weight excluding hydrogens is 378 g/mol. The molecule has 1 aliphatic rings. The molecule has 0 aromatic heterocycles. The van der Waals surface area contributed by atoms with Crippen molar-refractivity contribution in [1.29, 1.82) is 0 Å². The first-order valence-electron chi connectivity index (χ1n) is 8.97. The number of rotatable bonds is 7. The summed E-state index contributed by atoms with van der Waals surface area (Å²) in [6.45, 7) is 7.67. The third kappa shape index (κ3) is 5.84. The van der Waals surface area contributed by atoms with Gasteiger partial charge in [-0.2, -0.15) is 0 Å². The van der Waals surface area contributed by atoms with Gasteiger partial charge in [0.25, 0.3) is 0 Å². The number of aryl methyl sites for hydroxylation is 2. The topological polar surface area (TPSA) is 21.7 Å². The van der Waals surface area contributed by atoms with E-state index in [4.69, 9.17) is 9.47 Å². The Balaban J connectivity index is 1.57. The Hall–Kier alpha value is -1.36. The number of morpholine rings is 1. The average Bonchev–Trinajstić information content (AvgIpc) is 2.62. The molecule has 25 heavy (non-hydrogen) atoms. The Bertz CT molecular complexity index is 683. The van der Waals surface area contributed by atoms with Crippen LogP contribution in [0.2, 0.25) is 0 Å². The van der Waals surface area contributed by atoms with Crippen molar-refractivity contribution >= 4 is 15.9 Å². The highest BCUT2D eigenvalue weighted by Crippen LogP contribution is 2.25. The van der Waals surface area contributed by atoms with Crippen LogP contribution in [-0.2, 0) is 17.8 Å². The monoisotopic (exact) mass is 403 g/mol. The molecule has 0 spiro atoms. The molecule has 0 bridgehead atoms. The van der Waals surface area contributed by atoms with Crippen molar-refractivity contribution in [3.8, 4) is 5.75 Å². The predicted octanol–water partition coefficient (Wildman–Crippen LogP) is 4.60. The van der Waals surface area contributed by atoms with E-state index < -0.39 is 0 Å². The summed E-state index contributed by atoms with van der Waals surface area (Å²) in [5, 5.41) is 0. The predicted molar refractivity (Wildman–Crippen MR) is 105 cm³/mol. The summed E-state index contributed by atoms with van der Waals surface area (Å²) in [5.74, 6) is 0.992. The number of ether oxygens (including phenoxy) is 2. The lowest BCUT2D eigenvalue weighted by Crippen LogP contribution is -2.36. The molecule has 0 radical (unpaired) electrons. The van der Waals surface area contributed by atoms with E-state index in [2.05, 4.69) is 70.2 Å². The summed E-state index contributed by atoms with van der Waals surface area (Å²) in [4.78, 5) is 2.48. The molecule has 0 N–H and O–H groups in total. The minimum absolute atomic E-state index is 0.611. The van der Waals surface area contributed by atoms with Gasteiger partial charge in [0.05, 0.1) is 13.2 Å². The normalized spacial score (nSPS) is 15.3. The van der Waals surface area contributed by atoms with Crippen LogP contribution in [0.3, 0.4) is 0 Å². The van der Waals surface area contributed by atoms with Crippen LogP contribution >= 0.6 is 15.9 Å². The van der Waals surface area contributed by atoms with E-state index in [-0.39, 0.29) is 0 Å². The van der Waals surface area contributed by atoms with Gasteiger partial charge in [0.15, 0.2) is 0 Å². The molecule has 3 nitrogen and oxygen atoms in total. The molecule has 2 aromatic carbocycles. The van der Waals surface area contributed by atoms with Crippen molar-refractivity contribution < 1.29 is 9.47 Å². The van der Waals surface area contributed by atoms with E-state index in [1.807, 2.05) is 0 Å². The smallest absolute Gasteiger partial charge is 0.123 e. The highest BCUT2D eigenvalue weighted by atomic mass is 79.9. The van der Waals surface area contributed by atoms with Crippen molar-refractivity contribution in [2.45, 2.75) is 26.4 Å². The Morgan fingerprint density at radius 1 is 1.12 bits per heavy atom. The fourth-order valence-electron chi connectivity index (χ4n) is 3.17. The molecule has 0 atom stereocenters. The van der Waals surface area contributed by atoms with Gasteiger partial charge in [-0.1, -0.05) is 45.8 Å². The zero-order valence-corrected chi connectivity index (χ0v) is 16.4. The van der Waals surface area contributed by atoms with Crippen molar-refractivity contribution in [2.75, 3.05) is 32.8 Å². The Morgan fingerprint density at radius 3 is 2.76 bits per heavy atom. The van der Waals surface area contributed by atoms with Gasteiger partial charge in [-0.15, -0.1) is 0 Å². The largest absolute Gasteiger partial charge is 0.489 e. The number of hydrogen-bond donors (Lipinski definition) is 0. The van der Waals surface area contributed by atoms with E-state index in [9.17, 15) is 0 Å². The molecule has 4 heteroatoms. The SMILES string of the molecule is Cc1cccc(COc2ccc(Br)cc2CCCN2CCOCC2)c1. The van der Waals surface area contributed by atoms with Gasteiger partial charge in [-0.25, -0.2) is 0 Å². The molecule has 3 rings (SSSR count). The average molecular weight is 404 g/mol. The summed E-state index contributed by atoms with van der Waals surface area (Å²) < 4.78 is 12.6. The standard InChI is InChI=1S/C21H26BrNO2/c1-17-4-2-5-18(14-17)16-25-21-8-7-20(22)15-19(21)6-3-9-23-10-12-24-13-11-23/h2,4-5,7-8,14-15H,3,6,9-13,16H2,1H3. The first-order chi connectivity index (χ1) is 12.2. The lowest BCUT2D eigenvalue weighted by Gasteiger charge is -2.26. The van der Waals surface area contributed by atoms with Gasteiger partial charge in [-0.3, -0.25) is 4.90 Å².